The highest BCUT2D eigenvalue weighted by molar-refractivity contribution is 7.12. The molecule has 1 unspecified atom stereocenters. The number of hydrogen-bond acceptors (Lipinski definition) is 7. The number of rotatable bonds is 9. The van der Waals surface area contributed by atoms with Crippen LogP contribution in [0, 0.1) is 5.82 Å². The summed E-state index contributed by atoms with van der Waals surface area (Å²) >= 11 is 1.57. The van der Waals surface area contributed by atoms with Crippen LogP contribution in [0.5, 0.6) is 5.75 Å². The van der Waals surface area contributed by atoms with Crippen LogP contribution in [0.15, 0.2) is 71.1 Å². The Bertz CT molecular complexity index is 1310. The van der Waals surface area contributed by atoms with Gasteiger partial charge in [0.2, 0.25) is 0 Å². The first-order chi connectivity index (χ1) is 19.0. The van der Waals surface area contributed by atoms with Crippen molar-refractivity contribution in [3.05, 3.63) is 87.9 Å². The molecule has 3 aromatic rings. The second-order valence-electron chi connectivity index (χ2n) is 9.42. The van der Waals surface area contributed by atoms with Crippen molar-refractivity contribution in [2.45, 2.75) is 12.5 Å². The van der Waals surface area contributed by atoms with E-state index in [0.29, 0.717) is 26.2 Å². The standard InChI is InChI=1S/C29H31FN4O4S/c1-37-22-10-8-21(9-11-22)26-19-25(27-7-4-18-39-27)31-34(26)28(35)20-33(13-12-32-14-16-38-17-15-32)29(36)23-5-2-3-6-24(23)30/h2-11,18,26H,12-17,19-20H2,1H3. The van der Waals surface area contributed by atoms with Gasteiger partial charge < -0.3 is 14.4 Å². The third-order valence-electron chi connectivity index (χ3n) is 6.98. The van der Waals surface area contributed by atoms with Gasteiger partial charge in [-0.05, 0) is 41.3 Å². The molecule has 8 nitrogen and oxygen atoms in total. The largest absolute Gasteiger partial charge is 0.497 e. The number of hydrogen-bond donors (Lipinski definition) is 0. The molecular formula is C29H31FN4O4S. The van der Waals surface area contributed by atoms with Gasteiger partial charge in [-0.2, -0.15) is 5.10 Å². The molecule has 0 bridgehead atoms. The molecule has 39 heavy (non-hydrogen) atoms. The number of halogens is 1. The van der Waals surface area contributed by atoms with Gasteiger partial charge in [0.15, 0.2) is 0 Å². The molecule has 1 fully saturated rings. The molecule has 0 radical (unpaired) electrons. The highest BCUT2D eigenvalue weighted by Crippen LogP contribution is 2.34. The Labute approximate surface area is 231 Å². The quantitative estimate of drug-likeness (QED) is 0.402. The molecule has 0 aliphatic carbocycles. The van der Waals surface area contributed by atoms with Crippen LogP contribution in [-0.4, -0.2) is 85.4 Å². The van der Waals surface area contributed by atoms with Crippen LogP contribution < -0.4 is 4.74 Å². The van der Waals surface area contributed by atoms with E-state index in [2.05, 4.69) is 4.90 Å². The molecule has 1 saturated heterocycles. The number of morpholine rings is 1. The zero-order valence-electron chi connectivity index (χ0n) is 21.8. The van der Waals surface area contributed by atoms with E-state index in [9.17, 15) is 14.0 Å². The first-order valence-corrected chi connectivity index (χ1v) is 13.8. The van der Waals surface area contributed by atoms with E-state index in [0.717, 1.165) is 35.0 Å². The van der Waals surface area contributed by atoms with Crippen molar-refractivity contribution < 1.29 is 23.5 Å². The zero-order chi connectivity index (χ0) is 27.2. The molecular weight excluding hydrogens is 519 g/mol. The molecule has 3 heterocycles. The average Bonchev–Trinajstić information content (AvgIpc) is 3.67. The van der Waals surface area contributed by atoms with Gasteiger partial charge in [-0.25, -0.2) is 9.40 Å². The topological polar surface area (TPSA) is 74.7 Å². The molecule has 1 aromatic heterocycles. The summed E-state index contributed by atoms with van der Waals surface area (Å²) in [7, 11) is 1.61. The molecule has 2 amide bonds. The number of nitrogens with zero attached hydrogens (tertiary/aromatic N) is 4. The van der Waals surface area contributed by atoms with Crippen molar-refractivity contribution >= 4 is 28.9 Å². The number of methoxy groups -OCH3 is 1. The van der Waals surface area contributed by atoms with Crippen LogP contribution in [0.2, 0.25) is 0 Å². The predicted octanol–water partition coefficient (Wildman–Crippen LogP) is 4.05. The molecule has 204 valence electrons. The summed E-state index contributed by atoms with van der Waals surface area (Å²) < 4.78 is 25.3. The van der Waals surface area contributed by atoms with Gasteiger partial charge >= 0.3 is 0 Å². The lowest BCUT2D eigenvalue weighted by atomic mass is 10.0. The van der Waals surface area contributed by atoms with Crippen molar-refractivity contribution in [2.75, 3.05) is 53.0 Å². The molecule has 0 saturated carbocycles. The Hall–Kier alpha value is -3.60. The SMILES string of the molecule is COc1ccc(C2CC(c3cccs3)=NN2C(=O)CN(CCN2CCOCC2)C(=O)c2ccccc2F)cc1. The molecule has 0 spiro atoms. The third kappa shape index (κ3) is 6.35. The minimum atomic E-state index is -0.610. The molecule has 2 aliphatic rings. The number of benzene rings is 2. The lowest BCUT2D eigenvalue weighted by Gasteiger charge is -2.31. The lowest BCUT2D eigenvalue weighted by Crippen LogP contribution is -2.46. The number of amides is 2. The van der Waals surface area contributed by atoms with Crippen LogP contribution in [0.1, 0.15) is 33.3 Å². The molecule has 5 rings (SSSR count). The summed E-state index contributed by atoms with van der Waals surface area (Å²) in [5.74, 6) is -0.730. The van der Waals surface area contributed by atoms with Gasteiger partial charge in [0.1, 0.15) is 18.1 Å². The van der Waals surface area contributed by atoms with Gasteiger partial charge in [0.05, 0.1) is 42.5 Å². The van der Waals surface area contributed by atoms with Crippen molar-refractivity contribution in [1.82, 2.24) is 14.8 Å². The van der Waals surface area contributed by atoms with E-state index in [4.69, 9.17) is 14.6 Å². The maximum Gasteiger partial charge on any atom is 0.262 e. The Morgan fingerprint density at radius 2 is 1.87 bits per heavy atom. The molecule has 1 atom stereocenters. The van der Waals surface area contributed by atoms with Crippen LogP contribution in [0.4, 0.5) is 4.39 Å². The van der Waals surface area contributed by atoms with Gasteiger partial charge in [-0.1, -0.05) is 30.3 Å². The fourth-order valence-electron chi connectivity index (χ4n) is 4.80. The van der Waals surface area contributed by atoms with Gasteiger partial charge in [-0.3, -0.25) is 14.5 Å². The number of carbonyl (C=O) groups is 2. The van der Waals surface area contributed by atoms with Crippen LogP contribution in [0.3, 0.4) is 0 Å². The summed E-state index contributed by atoms with van der Waals surface area (Å²) in [4.78, 5) is 31.9. The highest BCUT2D eigenvalue weighted by atomic mass is 32.1. The number of hydrazone groups is 1. The van der Waals surface area contributed by atoms with E-state index in [1.807, 2.05) is 41.8 Å². The van der Waals surface area contributed by atoms with Crippen molar-refractivity contribution in [3.63, 3.8) is 0 Å². The second kappa shape index (κ2) is 12.5. The molecule has 0 N–H and O–H groups in total. The first kappa shape index (κ1) is 27.0. The number of ether oxygens (including phenoxy) is 2. The average molecular weight is 551 g/mol. The minimum Gasteiger partial charge on any atom is -0.497 e. The summed E-state index contributed by atoms with van der Waals surface area (Å²) in [5.41, 5.74) is 1.68. The van der Waals surface area contributed by atoms with Crippen molar-refractivity contribution in [2.24, 2.45) is 5.10 Å². The Balaban J connectivity index is 1.40. The Kier molecular flexibility index (Phi) is 8.65. The van der Waals surface area contributed by atoms with E-state index in [1.54, 1.807) is 30.6 Å². The number of carbonyl (C=O) groups excluding carboxylic acids is 2. The van der Waals surface area contributed by atoms with Crippen LogP contribution >= 0.6 is 11.3 Å². The second-order valence-corrected chi connectivity index (χ2v) is 10.4. The summed E-state index contributed by atoms with van der Waals surface area (Å²) in [5, 5.41) is 8.18. The van der Waals surface area contributed by atoms with Crippen molar-refractivity contribution in [1.29, 1.82) is 0 Å². The third-order valence-corrected chi connectivity index (χ3v) is 7.90. The molecule has 10 heteroatoms. The fourth-order valence-corrected chi connectivity index (χ4v) is 5.52. The van der Waals surface area contributed by atoms with Gasteiger partial charge in [0, 0.05) is 32.6 Å². The smallest absolute Gasteiger partial charge is 0.262 e. The maximum absolute atomic E-state index is 14.6. The van der Waals surface area contributed by atoms with Gasteiger partial charge in [-0.15, -0.1) is 11.3 Å². The lowest BCUT2D eigenvalue weighted by molar-refractivity contribution is -0.133. The van der Waals surface area contributed by atoms with Crippen LogP contribution in [0.25, 0.3) is 0 Å². The highest BCUT2D eigenvalue weighted by Gasteiger charge is 2.35. The molecule has 2 aliphatic heterocycles. The zero-order valence-corrected chi connectivity index (χ0v) is 22.6. The van der Waals surface area contributed by atoms with E-state index < -0.39 is 11.7 Å². The minimum absolute atomic E-state index is 0.0526. The monoisotopic (exact) mass is 550 g/mol. The normalized spacial score (nSPS) is 17.6. The van der Waals surface area contributed by atoms with Crippen molar-refractivity contribution in [3.8, 4) is 5.75 Å². The van der Waals surface area contributed by atoms with Gasteiger partial charge in [0.25, 0.3) is 11.8 Å². The van der Waals surface area contributed by atoms with E-state index >= 15 is 0 Å². The Morgan fingerprint density at radius 1 is 1.10 bits per heavy atom. The number of thiophene rings is 1. The van der Waals surface area contributed by atoms with Crippen LogP contribution in [-0.2, 0) is 9.53 Å². The summed E-state index contributed by atoms with van der Waals surface area (Å²) in [6, 6.07) is 17.1. The summed E-state index contributed by atoms with van der Waals surface area (Å²) in [6.45, 7) is 3.36. The maximum atomic E-state index is 14.6. The summed E-state index contributed by atoms with van der Waals surface area (Å²) in [6.07, 6.45) is 0.549. The fraction of sp³-hybridized carbons (Fsp3) is 0.345. The van der Waals surface area contributed by atoms with E-state index in [1.165, 1.54) is 22.0 Å². The van der Waals surface area contributed by atoms with E-state index in [-0.39, 0.29) is 30.6 Å². The first-order valence-electron chi connectivity index (χ1n) is 12.9. The predicted molar refractivity (Wildman–Crippen MR) is 148 cm³/mol. The Morgan fingerprint density at radius 3 is 2.56 bits per heavy atom. The molecule has 2 aromatic carbocycles.